The summed E-state index contributed by atoms with van der Waals surface area (Å²) in [6.45, 7) is 6.94. The number of nitrogens with one attached hydrogen (secondary N) is 1. The molecule has 42 heavy (non-hydrogen) atoms. The lowest BCUT2D eigenvalue weighted by Crippen LogP contribution is -2.29. The van der Waals surface area contributed by atoms with Crippen molar-refractivity contribution in [2.24, 2.45) is 0 Å². The number of nitrogens with zero attached hydrogens (tertiary/aromatic N) is 4. The number of anilines is 2. The quantitative estimate of drug-likeness (QED) is 0.154. The smallest absolute Gasteiger partial charge is 0.320 e. The van der Waals surface area contributed by atoms with Crippen LogP contribution in [0.2, 0.25) is 0 Å². The number of rotatable bonds is 18. The molecular weight excluding hydrogens is 606 g/mol. The Morgan fingerprint density at radius 1 is 0.857 bits per heavy atom. The summed E-state index contributed by atoms with van der Waals surface area (Å²) >= 11 is 3.51. The van der Waals surface area contributed by atoms with Crippen molar-refractivity contribution in [2.75, 3.05) is 72.0 Å². The summed E-state index contributed by atoms with van der Waals surface area (Å²) in [5, 5.41) is 4.15. The van der Waals surface area contributed by atoms with Crippen molar-refractivity contribution in [1.29, 1.82) is 0 Å². The molecule has 1 N–H and O–H groups in total. The standard InChI is InChI=1S/C30H40BrN5O6/c1-5-39-28(37)19-35(3)12-8-14-41-26-17-24-25(32-21-33-30(24)34-23-11-7-10-22(31)16-23)18-27(26)42-15-9-13-36(4)20-29(38)40-6-2/h7,10-11,16-18,21H,5-6,8-9,12-15,19-20H2,1-4H3,(H,32,33,34). The number of hydrogen-bond acceptors (Lipinski definition) is 11. The highest BCUT2D eigenvalue weighted by atomic mass is 79.9. The maximum atomic E-state index is 11.7. The van der Waals surface area contributed by atoms with E-state index in [9.17, 15) is 9.59 Å². The Kier molecular flexibility index (Phi) is 13.7. The maximum absolute atomic E-state index is 11.7. The molecule has 0 atom stereocenters. The minimum Gasteiger partial charge on any atom is -0.490 e. The van der Waals surface area contributed by atoms with E-state index in [0.29, 0.717) is 75.2 Å². The summed E-state index contributed by atoms with van der Waals surface area (Å²) in [7, 11) is 3.74. The molecule has 0 saturated carbocycles. The van der Waals surface area contributed by atoms with E-state index < -0.39 is 0 Å². The van der Waals surface area contributed by atoms with Gasteiger partial charge >= 0.3 is 11.9 Å². The Labute approximate surface area is 255 Å². The minimum absolute atomic E-state index is 0.227. The zero-order valence-electron chi connectivity index (χ0n) is 24.7. The normalized spacial score (nSPS) is 11.1. The van der Waals surface area contributed by atoms with E-state index in [0.717, 1.165) is 15.5 Å². The van der Waals surface area contributed by atoms with Gasteiger partial charge in [-0.25, -0.2) is 9.97 Å². The molecule has 12 heteroatoms. The van der Waals surface area contributed by atoms with Gasteiger partial charge in [-0.2, -0.15) is 0 Å². The van der Waals surface area contributed by atoms with E-state index in [1.165, 1.54) is 6.33 Å². The number of carbonyl (C=O) groups excluding carboxylic acids is 2. The number of benzene rings is 2. The second-order valence-corrected chi connectivity index (χ2v) is 10.6. The van der Waals surface area contributed by atoms with Crippen LogP contribution in [0.15, 0.2) is 47.2 Å². The number of aromatic nitrogens is 2. The number of hydrogen-bond donors (Lipinski definition) is 1. The molecular formula is C30H40BrN5O6. The zero-order chi connectivity index (χ0) is 30.3. The van der Waals surface area contributed by atoms with Crippen LogP contribution in [0.1, 0.15) is 26.7 Å². The fraction of sp³-hybridized carbons (Fsp3) is 0.467. The largest absolute Gasteiger partial charge is 0.490 e. The van der Waals surface area contributed by atoms with Crippen molar-refractivity contribution in [2.45, 2.75) is 26.7 Å². The fourth-order valence-electron chi connectivity index (χ4n) is 4.14. The number of ether oxygens (including phenoxy) is 4. The number of halogens is 1. The van der Waals surface area contributed by atoms with Gasteiger partial charge in [0.15, 0.2) is 11.5 Å². The van der Waals surface area contributed by atoms with Crippen LogP contribution in [0.5, 0.6) is 11.5 Å². The summed E-state index contributed by atoms with van der Waals surface area (Å²) in [4.78, 5) is 36.2. The summed E-state index contributed by atoms with van der Waals surface area (Å²) in [6.07, 6.45) is 2.91. The van der Waals surface area contributed by atoms with Crippen molar-refractivity contribution in [3.8, 4) is 11.5 Å². The third kappa shape index (κ3) is 11.1. The predicted octanol–water partition coefficient (Wildman–Crippen LogP) is 4.66. The number of carbonyl (C=O) groups is 2. The lowest BCUT2D eigenvalue weighted by Gasteiger charge is -2.18. The fourth-order valence-corrected chi connectivity index (χ4v) is 4.54. The monoisotopic (exact) mass is 645 g/mol. The van der Waals surface area contributed by atoms with Crippen LogP contribution < -0.4 is 14.8 Å². The topological polar surface area (TPSA) is 115 Å². The SMILES string of the molecule is CCOC(=O)CN(C)CCCOc1cc2ncnc(Nc3cccc(Br)c3)c2cc1OCCCN(C)CC(=O)OCC. The van der Waals surface area contributed by atoms with E-state index in [1.54, 1.807) is 13.8 Å². The molecule has 0 aliphatic carbocycles. The summed E-state index contributed by atoms with van der Waals surface area (Å²) in [5.41, 5.74) is 1.59. The van der Waals surface area contributed by atoms with E-state index >= 15 is 0 Å². The highest BCUT2D eigenvalue weighted by Crippen LogP contribution is 2.35. The molecule has 1 heterocycles. The number of esters is 2. The van der Waals surface area contributed by atoms with Gasteiger partial charge in [0.05, 0.1) is 45.0 Å². The van der Waals surface area contributed by atoms with Crippen LogP contribution in [0.25, 0.3) is 10.9 Å². The molecule has 1 aromatic heterocycles. The van der Waals surface area contributed by atoms with E-state index in [-0.39, 0.29) is 25.0 Å². The Morgan fingerprint density at radius 2 is 1.45 bits per heavy atom. The zero-order valence-corrected chi connectivity index (χ0v) is 26.3. The van der Waals surface area contributed by atoms with Crippen molar-refractivity contribution in [3.63, 3.8) is 0 Å². The molecule has 0 fully saturated rings. The average Bonchev–Trinajstić information content (AvgIpc) is 2.94. The molecule has 3 aromatic rings. The van der Waals surface area contributed by atoms with Gasteiger partial charge in [-0.1, -0.05) is 22.0 Å². The summed E-state index contributed by atoms with van der Waals surface area (Å²) in [6, 6.07) is 11.6. The molecule has 3 rings (SSSR count). The van der Waals surface area contributed by atoms with Gasteiger partial charge in [-0.3, -0.25) is 19.4 Å². The molecule has 0 bridgehead atoms. The van der Waals surface area contributed by atoms with Crippen molar-refractivity contribution < 1.29 is 28.5 Å². The van der Waals surface area contributed by atoms with Crippen molar-refractivity contribution >= 4 is 50.3 Å². The lowest BCUT2D eigenvalue weighted by molar-refractivity contribution is -0.145. The molecule has 0 radical (unpaired) electrons. The van der Waals surface area contributed by atoms with Crippen LogP contribution >= 0.6 is 15.9 Å². The Hall–Kier alpha value is -3.48. The third-order valence-electron chi connectivity index (χ3n) is 6.08. The summed E-state index contributed by atoms with van der Waals surface area (Å²) < 4.78 is 23.3. The first-order chi connectivity index (χ1) is 20.3. The Morgan fingerprint density at radius 3 is 2.02 bits per heavy atom. The molecule has 0 aliphatic rings. The van der Waals surface area contributed by atoms with Crippen LogP contribution in [-0.4, -0.2) is 98.4 Å². The van der Waals surface area contributed by atoms with Crippen LogP contribution in [0.3, 0.4) is 0 Å². The Balaban J connectivity index is 1.71. The van der Waals surface area contributed by atoms with Crippen LogP contribution in [-0.2, 0) is 19.1 Å². The first kappa shape index (κ1) is 33.0. The van der Waals surface area contributed by atoms with Gasteiger partial charge in [0.1, 0.15) is 12.1 Å². The summed E-state index contributed by atoms with van der Waals surface area (Å²) in [5.74, 6) is 1.30. The molecule has 0 amide bonds. The molecule has 228 valence electrons. The average molecular weight is 647 g/mol. The molecule has 2 aromatic carbocycles. The van der Waals surface area contributed by atoms with Gasteiger partial charge < -0.3 is 24.3 Å². The Bertz CT molecular complexity index is 1310. The van der Waals surface area contributed by atoms with Gasteiger partial charge in [-0.05, 0) is 65.0 Å². The van der Waals surface area contributed by atoms with Crippen LogP contribution in [0.4, 0.5) is 11.5 Å². The van der Waals surface area contributed by atoms with Crippen molar-refractivity contribution in [3.05, 3.63) is 47.2 Å². The second kappa shape index (κ2) is 17.5. The molecule has 0 saturated heterocycles. The van der Waals surface area contributed by atoms with Gasteiger partial charge in [0.2, 0.25) is 0 Å². The lowest BCUT2D eigenvalue weighted by atomic mass is 10.2. The highest BCUT2D eigenvalue weighted by molar-refractivity contribution is 9.10. The van der Waals surface area contributed by atoms with Crippen molar-refractivity contribution in [1.82, 2.24) is 19.8 Å². The minimum atomic E-state index is -0.246. The molecule has 11 nitrogen and oxygen atoms in total. The third-order valence-corrected chi connectivity index (χ3v) is 6.57. The molecule has 0 spiro atoms. The first-order valence-corrected chi connectivity index (χ1v) is 14.8. The van der Waals surface area contributed by atoms with Crippen LogP contribution in [0, 0.1) is 0 Å². The van der Waals surface area contributed by atoms with E-state index in [1.807, 2.05) is 60.3 Å². The van der Waals surface area contributed by atoms with E-state index in [4.69, 9.17) is 18.9 Å². The second-order valence-electron chi connectivity index (χ2n) is 9.66. The van der Waals surface area contributed by atoms with Gasteiger partial charge in [-0.15, -0.1) is 0 Å². The van der Waals surface area contributed by atoms with Gasteiger partial charge in [0.25, 0.3) is 0 Å². The number of likely N-dealkylation sites (N-methyl/N-ethyl adjacent to an activating group) is 2. The van der Waals surface area contributed by atoms with E-state index in [2.05, 4.69) is 31.2 Å². The van der Waals surface area contributed by atoms with Gasteiger partial charge in [0, 0.05) is 34.7 Å². The molecule has 0 unspecified atom stereocenters. The maximum Gasteiger partial charge on any atom is 0.320 e. The first-order valence-electron chi connectivity index (χ1n) is 14.0. The molecule has 0 aliphatic heterocycles. The predicted molar refractivity (Wildman–Crippen MR) is 165 cm³/mol. The number of fused-ring (bicyclic) bond motifs is 1. The highest BCUT2D eigenvalue weighted by Gasteiger charge is 2.14.